The summed E-state index contributed by atoms with van der Waals surface area (Å²) in [6.07, 6.45) is 5.54. The Hall–Kier alpha value is -2.39. The Balaban J connectivity index is 1.57. The highest BCUT2D eigenvalue weighted by atomic mass is 19.1. The number of aliphatic imine (C=N–C) groups is 1. The van der Waals surface area contributed by atoms with Gasteiger partial charge in [0.1, 0.15) is 5.82 Å². The summed E-state index contributed by atoms with van der Waals surface area (Å²) >= 11 is 0. The Kier molecular flexibility index (Phi) is 5.11. The predicted octanol–water partition coefficient (Wildman–Crippen LogP) is 1.72. The van der Waals surface area contributed by atoms with E-state index in [1.807, 2.05) is 6.07 Å². The van der Waals surface area contributed by atoms with E-state index in [1.54, 1.807) is 19.2 Å². The molecule has 2 aliphatic heterocycles. The second-order valence-corrected chi connectivity index (χ2v) is 6.13. The normalized spacial score (nSPS) is 21.3. The van der Waals surface area contributed by atoms with Crippen LogP contribution in [0.5, 0.6) is 0 Å². The molecule has 126 valence electrons. The van der Waals surface area contributed by atoms with Crippen molar-refractivity contribution >= 4 is 5.96 Å². The SMILES string of the molecule is CN=C(NCc1ccc(C#N)cc1F)N1CCC(N2CC=CC2)C1. The number of guanidine groups is 1. The molecule has 1 saturated heterocycles. The average Bonchev–Trinajstić information content (AvgIpc) is 3.27. The second kappa shape index (κ2) is 7.45. The van der Waals surface area contributed by atoms with Gasteiger partial charge in [0.05, 0.1) is 11.6 Å². The summed E-state index contributed by atoms with van der Waals surface area (Å²) in [4.78, 5) is 9.02. The highest BCUT2D eigenvalue weighted by Crippen LogP contribution is 2.18. The zero-order valence-corrected chi connectivity index (χ0v) is 13.9. The number of halogens is 1. The van der Waals surface area contributed by atoms with Crippen molar-refractivity contribution in [3.63, 3.8) is 0 Å². The number of nitriles is 1. The highest BCUT2D eigenvalue weighted by Gasteiger charge is 2.29. The lowest BCUT2D eigenvalue weighted by molar-refractivity contribution is 0.259. The Morgan fingerprint density at radius 2 is 2.21 bits per heavy atom. The van der Waals surface area contributed by atoms with Crippen molar-refractivity contribution in [3.8, 4) is 6.07 Å². The maximum Gasteiger partial charge on any atom is 0.193 e. The third-order valence-corrected chi connectivity index (χ3v) is 4.66. The van der Waals surface area contributed by atoms with Gasteiger partial charge in [0.2, 0.25) is 0 Å². The van der Waals surface area contributed by atoms with Gasteiger partial charge >= 0.3 is 0 Å². The summed E-state index contributed by atoms with van der Waals surface area (Å²) < 4.78 is 14.0. The van der Waals surface area contributed by atoms with E-state index in [9.17, 15) is 4.39 Å². The van der Waals surface area contributed by atoms with Gasteiger partial charge in [-0.05, 0) is 18.6 Å². The van der Waals surface area contributed by atoms with E-state index >= 15 is 0 Å². The number of likely N-dealkylation sites (tertiary alicyclic amines) is 1. The van der Waals surface area contributed by atoms with Crippen LogP contribution in [0.25, 0.3) is 0 Å². The second-order valence-electron chi connectivity index (χ2n) is 6.13. The zero-order chi connectivity index (χ0) is 16.9. The minimum atomic E-state index is -0.362. The van der Waals surface area contributed by atoms with E-state index in [-0.39, 0.29) is 5.82 Å². The topological polar surface area (TPSA) is 54.7 Å². The molecule has 0 saturated carbocycles. The van der Waals surface area contributed by atoms with Crippen LogP contribution < -0.4 is 5.32 Å². The lowest BCUT2D eigenvalue weighted by atomic mass is 10.1. The molecule has 1 aromatic rings. The molecule has 1 unspecified atom stereocenters. The summed E-state index contributed by atoms with van der Waals surface area (Å²) in [7, 11) is 1.75. The lowest BCUT2D eigenvalue weighted by Crippen LogP contribution is -2.42. The van der Waals surface area contributed by atoms with E-state index in [2.05, 4.69) is 32.3 Å². The molecule has 3 rings (SSSR count). The first-order valence-corrected chi connectivity index (χ1v) is 8.24. The van der Waals surface area contributed by atoms with Crippen LogP contribution in [0, 0.1) is 17.1 Å². The molecule has 2 aliphatic rings. The maximum atomic E-state index is 14.0. The van der Waals surface area contributed by atoms with Gasteiger partial charge in [-0.2, -0.15) is 5.26 Å². The van der Waals surface area contributed by atoms with E-state index < -0.39 is 0 Å². The molecule has 0 amide bonds. The number of benzene rings is 1. The molecule has 1 aromatic carbocycles. The van der Waals surface area contributed by atoms with Gasteiger partial charge in [-0.25, -0.2) is 4.39 Å². The Labute approximate surface area is 142 Å². The van der Waals surface area contributed by atoms with Crippen molar-refractivity contribution in [3.05, 3.63) is 47.3 Å². The van der Waals surface area contributed by atoms with Crippen LogP contribution in [0.2, 0.25) is 0 Å². The molecular weight excluding hydrogens is 305 g/mol. The first-order valence-electron chi connectivity index (χ1n) is 8.24. The van der Waals surface area contributed by atoms with Crippen molar-refractivity contribution in [1.29, 1.82) is 5.26 Å². The van der Waals surface area contributed by atoms with Gasteiger partial charge < -0.3 is 10.2 Å². The fourth-order valence-electron chi connectivity index (χ4n) is 3.29. The van der Waals surface area contributed by atoms with Crippen LogP contribution in [0.15, 0.2) is 35.3 Å². The quantitative estimate of drug-likeness (QED) is 0.522. The molecule has 0 spiro atoms. The van der Waals surface area contributed by atoms with Gasteiger partial charge in [0.15, 0.2) is 5.96 Å². The van der Waals surface area contributed by atoms with E-state index in [1.165, 1.54) is 6.07 Å². The van der Waals surface area contributed by atoms with Gasteiger partial charge in [0.25, 0.3) is 0 Å². The maximum absolute atomic E-state index is 14.0. The van der Waals surface area contributed by atoms with Crippen molar-refractivity contribution < 1.29 is 4.39 Å². The van der Waals surface area contributed by atoms with Crippen LogP contribution >= 0.6 is 0 Å². The van der Waals surface area contributed by atoms with Crippen molar-refractivity contribution in [2.45, 2.75) is 19.0 Å². The minimum absolute atomic E-state index is 0.335. The number of hydrogen-bond acceptors (Lipinski definition) is 3. The van der Waals surface area contributed by atoms with Crippen molar-refractivity contribution in [1.82, 2.24) is 15.1 Å². The van der Waals surface area contributed by atoms with E-state index in [0.717, 1.165) is 38.6 Å². The molecule has 2 heterocycles. The van der Waals surface area contributed by atoms with Gasteiger partial charge in [0, 0.05) is 51.4 Å². The monoisotopic (exact) mass is 327 g/mol. The van der Waals surface area contributed by atoms with E-state index in [4.69, 9.17) is 5.26 Å². The molecule has 24 heavy (non-hydrogen) atoms. The van der Waals surface area contributed by atoms with Crippen molar-refractivity contribution in [2.24, 2.45) is 4.99 Å². The summed E-state index contributed by atoms with van der Waals surface area (Å²) in [5.74, 6) is 0.438. The summed E-state index contributed by atoms with van der Waals surface area (Å²) in [5, 5.41) is 12.0. The van der Waals surface area contributed by atoms with Crippen LogP contribution in [-0.4, -0.2) is 55.0 Å². The molecule has 0 bridgehead atoms. The first kappa shape index (κ1) is 16.5. The fraction of sp³-hybridized carbons (Fsp3) is 0.444. The summed E-state index contributed by atoms with van der Waals surface area (Å²) in [6, 6.07) is 7.05. The molecule has 1 fully saturated rings. The van der Waals surface area contributed by atoms with Crippen molar-refractivity contribution in [2.75, 3.05) is 33.2 Å². The van der Waals surface area contributed by atoms with Crippen LogP contribution in [0.4, 0.5) is 4.39 Å². The standard InChI is InChI=1S/C18H22FN5/c1-21-18(22-12-15-5-4-14(11-20)10-17(15)19)24-9-6-16(13-24)23-7-2-3-8-23/h2-5,10,16H,6-9,12-13H2,1H3,(H,21,22). The van der Waals surface area contributed by atoms with Gasteiger partial charge in [-0.15, -0.1) is 0 Å². The van der Waals surface area contributed by atoms with Gasteiger partial charge in [-0.3, -0.25) is 9.89 Å². The predicted molar refractivity (Wildman–Crippen MR) is 92.0 cm³/mol. The Bertz CT molecular complexity index is 683. The highest BCUT2D eigenvalue weighted by molar-refractivity contribution is 5.80. The summed E-state index contributed by atoms with van der Waals surface area (Å²) in [6.45, 7) is 4.31. The third kappa shape index (κ3) is 3.57. The number of nitrogens with zero attached hydrogens (tertiary/aromatic N) is 4. The molecule has 6 heteroatoms. The third-order valence-electron chi connectivity index (χ3n) is 4.66. The Morgan fingerprint density at radius 3 is 2.88 bits per heavy atom. The summed E-state index contributed by atoms with van der Waals surface area (Å²) in [5.41, 5.74) is 0.872. The number of nitrogens with one attached hydrogen (secondary N) is 1. The molecule has 0 aromatic heterocycles. The molecular formula is C18H22FN5. The first-order chi connectivity index (χ1) is 11.7. The molecule has 1 atom stereocenters. The zero-order valence-electron chi connectivity index (χ0n) is 13.9. The molecule has 0 radical (unpaired) electrons. The largest absolute Gasteiger partial charge is 0.352 e. The average molecular weight is 327 g/mol. The van der Waals surface area contributed by atoms with Crippen LogP contribution in [-0.2, 0) is 6.54 Å². The fourth-order valence-corrected chi connectivity index (χ4v) is 3.29. The smallest absolute Gasteiger partial charge is 0.193 e. The van der Waals surface area contributed by atoms with Crippen LogP contribution in [0.3, 0.4) is 0 Å². The minimum Gasteiger partial charge on any atom is -0.352 e. The number of hydrogen-bond donors (Lipinski definition) is 1. The molecule has 5 nitrogen and oxygen atoms in total. The van der Waals surface area contributed by atoms with Crippen LogP contribution in [0.1, 0.15) is 17.5 Å². The Morgan fingerprint density at radius 1 is 1.42 bits per heavy atom. The van der Waals surface area contributed by atoms with Gasteiger partial charge in [-0.1, -0.05) is 18.2 Å². The number of rotatable bonds is 3. The van der Waals surface area contributed by atoms with E-state index in [0.29, 0.717) is 23.7 Å². The molecule has 0 aliphatic carbocycles. The molecule has 1 N–H and O–H groups in total. The lowest BCUT2D eigenvalue weighted by Gasteiger charge is -2.25.